The second kappa shape index (κ2) is 8.92. The maximum Gasteiger partial charge on any atom is 0.0993 e. The summed E-state index contributed by atoms with van der Waals surface area (Å²) in [6.45, 7) is 8.69. The Morgan fingerprint density at radius 1 is 0.413 bits per heavy atom. The number of benzene rings is 6. The summed E-state index contributed by atoms with van der Waals surface area (Å²) in [5, 5.41) is 7.49. The van der Waals surface area contributed by atoms with E-state index in [-0.39, 0.29) is 0 Å². The van der Waals surface area contributed by atoms with Crippen LogP contribution in [0.2, 0.25) is 0 Å². The highest BCUT2D eigenvalue weighted by Crippen LogP contribution is 2.52. The van der Waals surface area contributed by atoms with Crippen molar-refractivity contribution in [3.63, 3.8) is 0 Å². The lowest BCUT2D eigenvalue weighted by atomic mass is 10.0. The van der Waals surface area contributed by atoms with E-state index in [0.717, 1.165) is 33.9 Å². The van der Waals surface area contributed by atoms with Crippen molar-refractivity contribution >= 4 is 54.4 Å². The molecule has 9 aromatic rings. The number of rotatable bonds is 2. The van der Waals surface area contributed by atoms with E-state index in [1.54, 1.807) is 0 Å². The molecule has 4 nitrogen and oxygen atoms in total. The first-order valence-corrected chi connectivity index (χ1v) is 15.9. The van der Waals surface area contributed by atoms with Crippen LogP contribution < -0.4 is 0 Å². The number of hydrogen-bond donors (Lipinski definition) is 0. The Bertz CT molecular complexity index is 2490. The molecule has 0 bridgehead atoms. The molecule has 0 aliphatic heterocycles. The molecular weight excluding hydrogens is 560 g/mol. The van der Waals surface area contributed by atoms with Gasteiger partial charge in [-0.15, -0.1) is 0 Å². The molecule has 6 aromatic carbocycles. The highest BCUT2D eigenvalue weighted by Gasteiger charge is 2.31. The minimum Gasteiger partial charge on any atom is -0.309 e. The Labute approximate surface area is 266 Å². The minimum absolute atomic E-state index is 0.937. The van der Waals surface area contributed by atoms with Crippen LogP contribution in [0.5, 0.6) is 0 Å². The van der Waals surface area contributed by atoms with Crippen molar-refractivity contribution in [2.24, 2.45) is 0 Å². The molecule has 0 fully saturated rings. The molecule has 0 N–H and O–H groups in total. The van der Waals surface area contributed by atoms with E-state index in [1.165, 1.54) is 76.6 Å². The van der Waals surface area contributed by atoms with Gasteiger partial charge < -0.3 is 9.13 Å². The van der Waals surface area contributed by atoms with E-state index >= 15 is 0 Å². The fourth-order valence-electron chi connectivity index (χ4n) is 7.97. The molecule has 46 heavy (non-hydrogen) atoms. The van der Waals surface area contributed by atoms with E-state index < -0.39 is 0 Å². The average Bonchev–Trinajstić information content (AvgIpc) is 3.68. The van der Waals surface area contributed by atoms with Crippen molar-refractivity contribution in [3.05, 3.63) is 132 Å². The third-order valence-corrected chi connectivity index (χ3v) is 9.95. The molecule has 0 spiro atoms. The molecule has 0 atom stereocenters. The van der Waals surface area contributed by atoms with Crippen LogP contribution in [0.3, 0.4) is 0 Å². The first kappa shape index (κ1) is 25.6. The number of aryl methyl sites for hydroxylation is 4. The second-order valence-electron chi connectivity index (χ2n) is 13.0. The van der Waals surface area contributed by atoms with Gasteiger partial charge in [0.1, 0.15) is 0 Å². The fraction of sp³-hybridized carbons (Fsp3) is 0.0952. The molecule has 0 saturated carbocycles. The van der Waals surface area contributed by atoms with E-state index in [2.05, 4.69) is 134 Å². The van der Waals surface area contributed by atoms with E-state index in [0.29, 0.717) is 0 Å². The number of hydrogen-bond acceptors (Lipinski definition) is 2. The highest BCUT2D eigenvalue weighted by molar-refractivity contribution is 6.20. The molecule has 0 radical (unpaired) electrons. The SMILES string of the molecule is Cc1ccc2c(c1)c1cc(C)ccc1n2-c1ccc2ccc(-n3c4ccc(C)cc4c4cc(C)ccc43)c3c2c1-c1nccnc1-3. The van der Waals surface area contributed by atoms with Gasteiger partial charge in [0.05, 0.1) is 44.8 Å². The molecule has 0 unspecified atom stereocenters. The standard InChI is InChI=1S/C42H30N4/c1-23-5-11-32-28(19-23)29-20-24(2)6-12-33(29)45(32)36-15-9-27-10-16-37(40-38(27)39(36)41-42(40)44-18-17-43-41)46-34-13-7-25(3)21-30(34)31-22-26(4)8-14-35(31)46/h5-22H,1-4H3. The summed E-state index contributed by atoms with van der Waals surface area (Å²) in [7, 11) is 0. The van der Waals surface area contributed by atoms with Gasteiger partial charge in [0.15, 0.2) is 0 Å². The zero-order chi connectivity index (χ0) is 30.8. The zero-order valence-corrected chi connectivity index (χ0v) is 26.2. The number of fused-ring (bicyclic) bond motifs is 9. The summed E-state index contributed by atoms with van der Waals surface area (Å²) in [5.74, 6) is 0. The average molecular weight is 591 g/mol. The summed E-state index contributed by atoms with van der Waals surface area (Å²) in [6, 6.07) is 36.3. The van der Waals surface area contributed by atoms with Gasteiger partial charge in [-0.25, -0.2) is 0 Å². The second-order valence-corrected chi connectivity index (χ2v) is 13.0. The van der Waals surface area contributed by atoms with Gasteiger partial charge in [-0.3, -0.25) is 9.97 Å². The van der Waals surface area contributed by atoms with Gasteiger partial charge in [-0.2, -0.15) is 0 Å². The van der Waals surface area contributed by atoms with Crippen LogP contribution in [0.4, 0.5) is 0 Å². The molecule has 10 rings (SSSR count). The summed E-state index contributed by atoms with van der Waals surface area (Å²) >= 11 is 0. The quantitative estimate of drug-likeness (QED) is 0.201. The van der Waals surface area contributed by atoms with Crippen LogP contribution in [0.1, 0.15) is 22.3 Å². The third kappa shape index (κ3) is 3.28. The molecule has 3 heterocycles. The van der Waals surface area contributed by atoms with Crippen molar-refractivity contribution in [1.82, 2.24) is 19.1 Å². The largest absolute Gasteiger partial charge is 0.309 e. The van der Waals surface area contributed by atoms with Crippen molar-refractivity contribution in [1.29, 1.82) is 0 Å². The highest BCUT2D eigenvalue weighted by atomic mass is 15.0. The topological polar surface area (TPSA) is 35.6 Å². The van der Waals surface area contributed by atoms with Gasteiger partial charge in [-0.1, -0.05) is 58.7 Å². The van der Waals surface area contributed by atoms with Crippen molar-refractivity contribution < 1.29 is 0 Å². The van der Waals surface area contributed by atoms with Crippen LogP contribution in [0.15, 0.2) is 109 Å². The zero-order valence-electron chi connectivity index (χ0n) is 26.2. The molecule has 4 heteroatoms. The summed E-state index contributed by atoms with van der Waals surface area (Å²) in [5.41, 5.74) is 16.3. The maximum absolute atomic E-state index is 5.04. The monoisotopic (exact) mass is 590 g/mol. The van der Waals surface area contributed by atoms with Crippen molar-refractivity contribution in [2.75, 3.05) is 0 Å². The Morgan fingerprint density at radius 2 is 0.761 bits per heavy atom. The predicted octanol–water partition coefficient (Wildman–Crippen LogP) is 10.7. The van der Waals surface area contributed by atoms with Gasteiger partial charge in [0, 0.05) is 50.5 Å². The molecule has 1 aliphatic rings. The summed E-state index contributed by atoms with van der Waals surface area (Å²) in [4.78, 5) is 10.1. The van der Waals surface area contributed by atoms with E-state index in [1.807, 2.05) is 12.4 Å². The van der Waals surface area contributed by atoms with Crippen LogP contribution in [-0.4, -0.2) is 19.1 Å². The molecular formula is C42H30N4. The van der Waals surface area contributed by atoms with Crippen LogP contribution in [-0.2, 0) is 0 Å². The molecule has 0 amide bonds. The van der Waals surface area contributed by atoms with Crippen molar-refractivity contribution in [2.45, 2.75) is 27.7 Å². The third-order valence-electron chi connectivity index (χ3n) is 9.95. The Hall–Kier alpha value is -5.74. The Balaban J connectivity index is 1.37. The first-order valence-electron chi connectivity index (χ1n) is 15.9. The maximum atomic E-state index is 5.04. The van der Waals surface area contributed by atoms with E-state index in [4.69, 9.17) is 9.97 Å². The van der Waals surface area contributed by atoms with Crippen LogP contribution >= 0.6 is 0 Å². The Morgan fingerprint density at radius 3 is 1.11 bits per heavy atom. The first-order chi connectivity index (χ1) is 22.5. The Kier molecular flexibility index (Phi) is 4.96. The molecule has 1 aliphatic carbocycles. The molecule has 218 valence electrons. The van der Waals surface area contributed by atoms with Gasteiger partial charge in [0.25, 0.3) is 0 Å². The molecule has 3 aromatic heterocycles. The number of nitrogens with zero attached hydrogens (tertiary/aromatic N) is 4. The van der Waals surface area contributed by atoms with Crippen LogP contribution in [0.25, 0.3) is 88.3 Å². The van der Waals surface area contributed by atoms with Gasteiger partial charge >= 0.3 is 0 Å². The van der Waals surface area contributed by atoms with E-state index in [9.17, 15) is 0 Å². The van der Waals surface area contributed by atoms with Gasteiger partial charge in [-0.05, 0) is 93.7 Å². The lowest BCUT2D eigenvalue weighted by Gasteiger charge is -2.16. The van der Waals surface area contributed by atoms with Crippen molar-refractivity contribution in [3.8, 4) is 33.9 Å². The lowest BCUT2D eigenvalue weighted by molar-refractivity contribution is 1.16. The number of aromatic nitrogens is 4. The lowest BCUT2D eigenvalue weighted by Crippen LogP contribution is -1.98. The summed E-state index contributed by atoms with van der Waals surface area (Å²) < 4.78 is 4.87. The van der Waals surface area contributed by atoms with Crippen LogP contribution in [0, 0.1) is 27.7 Å². The predicted molar refractivity (Wildman–Crippen MR) is 192 cm³/mol. The molecule has 0 saturated heterocycles. The normalized spacial score (nSPS) is 12.3. The fourth-order valence-corrected chi connectivity index (χ4v) is 7.97. The summed E-state index contributed by atoms with van der Waals surface area (Å²) in [6.07, 6.45) is 3.66. The minimum atomic E-state index is 0.937. The van der Waals surface area contributed by atoms with Gasteiger partial charge in [0.2, 0.25) is 0 Å². The smallest absolute Gasteiger partial charge is 0.0993 e.